The molecule has 0 aromatic heterocycles. The maximum absolute atomic E-state index is 6.05. The normalized spacial score (nSPS) is 21.4. The van der Waals surface area contributed by atoms with Crippen molar-refractivity contribution in [2.45, 2.75) is 33.2 Å². The number of rotatable bonds is 6. The minimum atomic E-state index is 0.319. The molecule has 0 radical (unpaired) electrons. The molecule has 1 fully saturated rings. The van der Waals surface area contributed by atoms with E-state index in [0.717, 1.165) is 24.1 Å². The lowest BCUT2D eigenvalue weighted by Crippen LogP contribution is -2.32. The first kappa shape index (κ1) is 15.3. The van der Waals surface area contributed by atoms with Gasteiger partial charge < -0.3 is 10.5 Å². The Hall–Kier alpha value is -1.06. The molecule has 3 heteroatoms. The molecule has 1 aromatic rings. The van der Waals surface area contributed by atoms with Crippen LogP contribution in [0.15, 0.2) is 24.3 Å². The Bertz CT molecular complexity index is 419. The average Bonchev–Trinajstić information content (AvgIpc) is 2.90. The second kappa shape index (κ2) is 7.09. The number of nitrogens with two attached hydrogens (primary N) is 1. The van der Waals surface area contributed by atoms with E-state index in [4.69, 9.17) is 10.5 Å². The number of ether oxygens (including phenoxy) is 1. The summed E-state index contributed by atoms with van der Waals surface area (Å²) in [5, 5.41) is 0. The molecule has 1 heterocycles. The van der Waals surface area contributed by atoms with Crippen molar-refractivity contribution in [3.8, 4) is 5.75 Å². The zero-order chi connectivity index (χ0) is 14.5. The fourth-order valence-electron chi connectivity index (χ4n) is 3.12. The average molecular weight is 276 g/mol. The van der Waals surface area contributed by atoms with Crippen LogP contribution >= 0.6 is 0 Å². The fourth-order valence-corrected chi connectivity index (χ4v) is 3.12. The van der Waals surface area contributed by atoms with Crippen molar-refractivity contribution >= 4 is 0 Å². The summed E-state index contributed by atoms with van der Waals surface area (Å²) in [6.07, 6.45) is 1.29. The molecule has 3 nitrogen and oxygen atoms in total. The molecule has 1 saturated heterocycles. The van der Waals surface area contributed by atoms with E-state index in [0.29, 0.717) is 19.2 Å². The van der Waals surface area contributed by atoms with E-state index < -0.39 is 0 Å². The number of nitrogens with zero attached hydrogens (tertiary/aromatic N) is 1. The minimum Gasteiger partial charge on any atom is -0.494 e. The van der Waals surface area contributed by atoms with Gasteiger partial charge in [-0.25, -0.2) is 0 Å². The van der Waals surface area contributed by atoms with E-state index in [1.807, 2.05) is 13.0 Å². The number of hydrogen-bond acceptors (Lipinski definition) is 3. The molecule has 0 bridgehead atoms. The molecule has 2 unspecified atom stereocenters. The van der Waals surface area contributed by atoms with Gasteiger partial charge in [0.1, 0.15) is 5.75 Å². The first-order valence-corrected chi connectivity index (χ1v) is 7.82. The highest BCUT2D eigenvalue weighted by Crippen LogP contribution is 2.31. The number of hydrogen-bond donors (Lipinski definition) is 1. The smallest absolute Gasteiger partial charge is 0.119 e. The zero-order valence-electron chi connectivity index (χ0n) is 13.0. The van der Waals surface area contributed by atoms with Crippen LogP contribution in [-0.4, -0.2) is 31.1 Å². The quantitative estimate of drug-likeness (QED) is 0.868. The molecule has 0 aliphatic carbocycles. The van der Waals surface area contributed by atoms with Crippen LogP contribution in [0, 0.1) is 11.8 Å². The zero-order valence-corrected chi connectivity index (χ0v) is 13.0. The van der Waals surface area contributed by atoms with Gasteiger partial charge in [0.15, 0.2) is 0 Å². The molecule has 0 amide bonds. The standard InChI is InChI=1S/C17H28N2O/c1-4-20-16-7-5-6-14(10-16)17(11-18)19-9-8-15(12-19)13(2)3/h5-7,10,13,15,17H,4,8-9,11-12,18H2,1-3H3. The van der Waals surface area contributed by atoms with E-state index in [9.17, 15) is 0 Å². The molecule has 0 saturated carbocycles. The Morgan fingerprint density at radius 2 is 2.20 bits per heavy atom. The van der Waals surface area contributed by atoms with E-state index >= 15 is 0 Å². The van der Waals surface area contributed by atoms with Gasteiger partial charge in [0.05, 0.1) is 6.61 Å². The van der Waals surface area contributed by atoms with Crippen molar-refractivity contribution in [1.82, 2.24) is 4.90 Å². The number of likely N-dealkylation sites (tertiary alicyclic amines) is 1. The van der Waals surface area contributed by atoms with E-state index in [1.54, 1.807) is 0 Å². The predicted octanol–water partition coefficient (Wildman–Crippen LogP) is 3.06. The maximum atomic E-state index is 6.05. The van der Waals surface area contributed by atoms with Crippen LogP contribution in [0.2, 0.25) is 0 Å². The van der Waals surface area contributed by atoms with Crippen LogP contribution in [0.5, 0.6) is 5.75 Å². The minimum absolute atomic E-state index is 0.319. The van der Waals surface area contributed by atoms with Gasteiger partial charge in [-0.15, -0.1) is 0 Å². The lowest BCUT2D eigenvalue weighted by molar-refractivity contribution is 0.231. The lowest BCUT2D eigenvalue weighted by Gasteiger charge is -2.28. The summed E-state index contributed by atoms with van der Waals surface area (Å²) in [5.74, 6) is 2.51. The molecular weight excluding hydrogens is 248 g/mol. The van der Waals surface area contributed by atoms with E-state index in [-0.39, 0.29) is 0 Å². The van der Waals surface area contributed by atoms with Gasteiger partial charge >= 0.3 is 0 Å². The van der Waals surface area contributed by atoms with Crippen LogP contribution in [0.1, 0.15) is 38.8 Å². The molecule has 20 heavy (non-hydrogen) atoms. The molecule has 1 aromatic carbocycles. The molecular formula is C17H28N2O. The Morgan fingerprint density at radius 3 is 2.80 bits per heavy atom. The van der Waals surface area contributed by atoms with E-state index in [2.05, 4.69) is 36.9 Å². The maximum Gasteiger partial charge on any atom is 0.119 e. The largest absolute Gasteiger partial charge is 0.494 e. The van der Waals surface area contributed by atoms with Crippen molar-refractivity contribution in [2.75, 3.05) is 26.2 Å². The highest BCUT2D eigenvalue weighted by Gasteiger charge is 2.29. The first-order chi connectivity index (χ1) is 9.65. The Morgan fingerprint density at radius 1 is 1.40 bits per heavy atom. The molecule has 2 rings (SSSR count). The van der Waals surface area contributed by atoms with Gasteiger partial charge in [0.25, 0.3) is 0 Å². The summed E-state index contributed by atoms with van der Waals surface area (Å²) in [6.45, 7) is 10.3. The predicted molar refractivity (Wildman–Crippen MR) is 83.9 cm³/mol. The summed E-state index contributed by atoms with van der Waals surface area (Å²) >= 11 is 0. The van der Waals surface area contributed by atoms with Crippen LogP contribution in [0.3, 0.4) is 0 Å². The van der Waals surface area contributed by atoms with Gasteiger partial charge in [0.2, 0.25) is 0 Å². The van der Waals surface area contributed by atoms with Gasteiger partial charge in [-0.2, -0.15) is 0 Å². The summed E-state index contributed by atoms with van der Waals surface area (Å²) in [4.78, 5) is 2.54. The third kappa shape index (κ3) is 3.53. The van der Waals surface area contributed by atoms with Crippen molar-refractivity contribution < 1.29 is 4.74 Å². The molecule has 1 aliphatic heterocycles. The Kier molecular flexibility index (Phi) is 5.44. The third-order valence-corrected chi connectivity index (χ3v) is 4.42. The highest BCUT2D eigenvalue weighted by atomic mass is 16.5. The van der Waals surface area contributed by atoms with Crippen molar-refractivity contribution in [3.05, 3.63) is 29.8 Å². The van der Waals surface area contributed by atoms with Crippen LogP contribution in [0.4, 0.5) is 0 Å². The summed E-state index contributed by atoms with van der Waals surface area (Å²) in [7, 11) is 0. The van der Waals surface area contributed by atoms with Crippen molar-refractivity contribution in [3.63, 3.8) is 0 Å². The van der Waals surface area contributed by atoms with Crippen molar-refractivity contribution in [1.29, 1.82) is 0 Å². The summed E-state index contributed by atoms with van der Waals surface area (Å²) < 4.78 is 5.60. The van der Waals surface area contributed by atoms with Crippen LogP contribution in [-0.2, 0) is 0 Å². The van der Waals surface area contributed by atoms with Gasteiger partial charge in [-0.05, 0) is 49.4 Å². The van der Waals surface area contributed by atoms with Crippen LogP contribution in [0.25, 0.3) is 0 Å². The van der Waals surface area contributed by atoms with Crippen molar-refractivity contribution in [2.24, 2.45) is 17.6 Å². The molecule has 1 aliphatic rings. The Balaban J connectivity index is 2.10. The fraction of sp³-hybridized carbons (Fsp3) is 0.647. The van der Waals surface area contributed by atoms with Gasteiger partial charge in [-0.1, -0.05) is 26.0 Å². The topological polar surface area (TPSA) is 38.5 Å². The van der Waals surface area contributed by atoms with E-state index in [1.165, 1.54) is 18.5 Å². The lowest BCUT2D eigenvalue weighted by atomic mass is 9.95. The van der Waals surface area contributed by atoms with Gasteiger partial charge in [0, 0.05) is 19.1 Å². The Labute approximate surface area is 123 Å². The SMILES string of the molecule is CCOc1cccc(C(CN)N2CCC(C(C)C)C2)c1. The molecule has 2 atom stereocenters. The second-order valence-corrected chi connectivity index (χ2v) is 6.04. The summed E-state index contributed by atoms with van der Waals surface area (Å²) in [6, 6.07) is 8.71. The number of benzene rings is 1. The summed E-state index contributed by atoms with van der Waals surface area (Å²) in [5.41, 5.74) is 7.33. The second-order valence-electron chi connectivity index (χ2n) is 6.04. The third-order valence-electron chi connectivity index (χ3n) is 4.42. The monoisotopic (exact) mass is 276 g/mol. The molecule has 112 valence electrons. The van der Waals surface area contributed by atoms with Crippen LogP contribution < -0.4 is 10.5 Å². The molecule has 0 spiro atoms. The molecule has 2 N–H and O–H groups in total. The first-order valence-electron chi connectivity index (χ1n) is 7.82. The highest BCUT2D eigenvalue weighted by molar-refractivity contribution is 5.31. The van der Waals surface area contributed by atoms with Gasteiger partial charge in [-0.3, -0.25) is 4.90 Å².